The van der Waals surface area contributed by atoms with Gasteiger partial charge in [0.15, 0.2) is 5.76 Å². The molecule has 32 heavy (non-hydrogen) atoms. The van der Waals surface area contributed by atoms with Gasteiger partial charge in [-0.3, -0.25) is 9.69 Å². The lowest BCUT2D eigenvalue weighted by Crippen LogP contribution is -2.31. The summed E-state index contributed by atoms with van der Waals surface area (Å²) in [6.45, 7) is 3.39. The number of Topliss-reactive ketones (excluding diaryl/α,β-unsaturated/α-hetero) is 1. The summed E-state index contributed by atoms with van der Waals surface area (Å²) in [6.07, 6.45) is 1.66. The van der Waals surface area contributed by atoms with Gasteiger partial charge in [0.2, 0.25) is 5.78 Å². The van der Waals surface area contributed by atoms with Gasteiger partial charge in [-0.2, -0.15) is 0 Å². The molecule has 0 fully saturated rings. The van der Waals surface area contributed by atoms with E-state index in [1.54, 1.807) is 36.4 Å². The van der Waals surface area contributed by atoms with Gasteiger partial charge in [-0.25, -0.2) is 4.39 Å². The van der Waals surface area contributed by atoms with Crippen LogP contribution in [-0.2, 0) is 13.1 Å². The SMILES string of the molecule is Cc1cc2c(c3c1C(=O)/C(=C/c1ccc(Cl)c(Cl)c1)O3)CN(Cc1ccc(F)cc1)CO2. The summed E-state index contributed by atoms with van der Waals surface area (Å²) in [5.74, 6) is 1.02. The Balaban J connectivity index is 1.46. The highest BCUT2D eigenvalue weighted by atomic mass is 35.5. The number of allylic oxidation sites excluding steroid dienone is 1. The second kappa shape index (κ2) is 8.24. The van der Waals surface area contributed by atoms with Gasteiger partial charge in [0.05, 0.1) is 21.2 Å². The van der Waals surface area contributed by atoms with Crippen molar-refractivity contribution in [2.45, 2.75) is 20.0 Å². The number of halogens is 3. The summed E-state index contributed by atoms with van der Waals surface area (Å²) in [5.41, 5.74) is 3.86. The number of rotatable bonds is 3. The van der Waals surface area contributed by atoms with Crippen LogP contribution in [0.4, 0.5) is 4.39 Å². The smallest absolute Gasteiger partial charge is 0.232 e. The minimum atomic E-state index is -0.268. The molecule has 0 radical (unpaired) electrons. The van der Waals surface area contributed by atoms with Crippen molar-refractivity contribution in [3.05, 3.63) is 98.0 Å². The highest BCUT2D eigenvalue weighted by Gasteiger charge is 2.35. The largest absolute Gasteiger partial charge is 0.478 e. The van der Waals surface area contributed by atoms with E-state index in [1.807, 2.05) is 13.0 Å². The van der Waals surface area contributed by atoms with Crippen molar-refractivity contribution in [3.8, 4) is 11.5 Å². The maximum atomic E-state index is 13.2. The summed E-state index contributed by atoms with van der Waals surface area (Å²) < 4.78 is 25.2. The number of benzene rings is 3. The fourth-order valence-corrected chi connectivity index (χ4v) is 4.29. The molecule has 2 aliphatic rings. The Kier molecular flexibility index (Phi) is 5.41. The van der Waals surface area contributed by atoms with Crippen LogP contribution in [0.3, 0.4) is 0 Å². The lowest BCUT2D eigenvalue weighted by molar-refractivity contribution is 0.0872. The topological polar surface area (TPSA) is 38.8 Å². The van der Waals surface area contributed by atoms with Crippen LogP contribution in [0, 0.1) is 12.7 Å². The lowest BCUT2D eigenvalue weighted by Gasteiger charge is -2.30. The third-order valence-electron chi connectivity index (χ3n) is 5.55. The Hall–Kier alpha value is -2.86. The zero-order valence-corrected chi connectivity index (χ0v) is 18.6. The Morgan fingerprint density at radius 2 is 1.88 bits per heavy atom. The number of fused-ring (bicyclic) bond motifs is 3. The van der Waals surface area contributed by atoms with Crippen LogP contribution in [0.5, 0.6) is 11.5 Å². The van der Waals surface area contributed by atoms with Crippen molar-refractivity contribution in [2.75, 3.05) is 6.73 Å². The number of carbonyl (C=O) groups excluding carboxylic acids is 1. The molecular formula is C25H18Cl2FNO3. The van der Waals surface area contributed by atoms with E-state index in [2.05, 4.69) is 4.90 Å². The van der Waals surface area contributed by atoms with Gasteiger partial charge >= 0.3 is 0 Å². The van der Waals surface area contributed by atoms with Crippen LogP contribution < -0.4 is 9.47 Å². The second-order valence-corrected chi connectivity index (χ2v) is 8.69. The van der Waals surface area contributed by atoms with Crippen LogP contribution in [0.15, 0.2) is 54.3 Å². The quantitative estimate of drug-likeness (QED) is 0.415. The molecule has 2 heterocycles. The zero-order chi connectivity index (χ0) is 22.4. The predicted molar refractivity (Wildman–Crippen MR) is 122 cm³/mol. The fraction of sp³-hybridized carbons (Fsp3) is 0.160. The summed E-state index contributed by atoms with van der Waals surface area (Å²) in [7, 11) is 0. The van der Waals surface area contributed by atoms with Crippen molar-refractivity contribution in [1.82, 2.24) is 4.90 Å². The van der Waals surface area contributed by atoms with E-state index in [9.17, 15) is 9.18 Å². The van der Waals surface area contributed by atoms with Crippen molar-refractivity contribution in [3.63, 3.8) is 0 Å². The molecule has 0 amide bonds. The Morgan fingerprint density at radius 3 is 2.62 bits per heavy atom. The van der Waals surface area contributed by atoms with Gasteiger partial charge in [0.25, 0.3) is 0 Å². The predicted octanol–water partition coefficient (Wildman–Crippen LogP) is 6.41. The first-order valence-electron chi connectivity index (χ1n) is 10.0. The second-order valence-electron chi connectivity index (χ2n) is 7.87. The molecule has 0 spiro atoms. The molecule has 0 aliphatic carbocycles. The van der Waals surface area contributed by atoms with Crippen LogP contribution in [0.25, 0.3) is 6.08 Å². The average Bonchev–Trinajstić information content (AvgIpc) is 3.10. The van der Waals surface area contributed by atoms with Gasteiger partial charge in [0, 0.05) is 13.1 Å². The molecule has 0 saturated heterocycles. The molecule has 162 valence electrons. The van der Waals surface area contributed by atoms with E-state index >= 15 is 0 Å². The Bertz CT molecular complexity index is 1270. The molecule has 7 heteroatoms. The van der Waals surface area contributed by atoms with Crippen LogP contribution in [0.2, 0.25) is 10.0 Å². The zero-order valence-electron chi connectivity index (χ0n) is 17.1. The monoisotopic (exact) mass is 469 g/mol. The van der Waals surface area contributed by atoms with Gasteiger partial charge in [-0.15, -0.1) is 0 Å². The number of hydrogen-bond acceptors (Lipinski definition) is 4. The highest BCUT2D eigenvalue weighted by molar-refractivity contribution is 6.42. The van der Waals surface area contributed by atoms with E-state index in [4.69, 9.17) is 32.7 Å². The Labute approximate surface area is 194 Å². The number of hydrogen-bond donors (Lipinski definition) is 0. The summed E-state index contributed by atoms with van der Waals surface area (Å²) in [6, 6.07) is 13.4. The number of ketones is 1. The third-order valence-corrected chi connectivity index (χ3v) is 6.29. The number of aryl methyl sites for hydroxylation is 1. The van der Waals surface area contributed by atoms with Crippen molar-refractivity contribution in [1.29, 1.82) is 0 Å². The summed E-state index contributed by atoms with van der Waals surface area (Å²) in [4.78, 5) is 15.2. The average molecular weight is 470 g/mol. The molecule has 4 nitrogen and oxygen atoms in total. The van der Waals surface area contributed by atoms with Gasteiger partial charge in [-0.1, -0.05) is 41.4 Å². The van der Waals surface area contributed by atoms with E-state index in [1.165, 1.54) is 12.1 Å². The van der Waals surface area contributed by atoms with Crippen molar-refractivity contribution in [2.24, 2.45) is 0 Å². The lowest BCUT2D eigenvalue weighted by atomic mass is 9.98. The molecule has 2 aliphatic heterocycles. The minimum Gasteiger partial charge on any atom is -0.478 e. The van der Waals surface area contributed by atoms with E-state index in [0.29, 0.717) is 46.9 Å². The first kappa shape index (κ1) is 21.0. The van der Waals surface area contributed by atoms with Gasteiger partial charge in [0.1, 0.15) is 24.0 Å². The van der Waals surface area contributed by atoms with E-state index in [0.717, 1.165) is 22.3 Å². The molecule has 5 rings (SSSR count). The maximum absolute atomic E-state index is 13.2. The summed E-state index contributed by atoms with van der Waals surface area (Å²) >= 11 is 12.1. The normalized spacial score (nSPS) is 16.5. The number of ether oxygens (including phenoxy) is 2. The molecule has 0 bridgehead atoms. The van der Waals surface area contributed by atoms with Crippen LogP contribution in [0.1, 0.15) is 32.6 Å². The molecule has 0 unspecified atom stereocenters. The molecule has 0 atom stereocenters. The molecule has 3 aromatic rings. The standard InChI is InChI=1S/C25H18Cl2FNO3/c1-14-8-21-18(12-29(13-31-21)11-15-2-5-17(28)6-3-15)25-23(14)24(30)22(32-25)10-16-4-7-19(26)20(27)9-16/h2-10H,11-13H2,1H3/b22-10-. The first-order valence-corrected chi connectivity index (χ1v) is 10.8. The molecule has 0 saturated carbocycles. The Morgan fingerprint density at radius 1 is 1.09 bits per heavy atom. The summed E-state index contributed by atoms with van der Waals surface area (Å²) in [5, 5.41) is 0.849. The fourth-order valence-electron chi connectivity index (χ4n) is 3.98. The van der Waals surface area contributed by atoms with Gasteiger partial charge in [-0.05, 0) is 60.0 Å². The molecule has 3 aromatic carbocycles. The van der Waals surface area contributed by atoms with Crippen molar-refractivity contribution >= 4 is 35.1 Å². The van der Waals surface area contributed by atoms with Crippen molar-refractivity contribution < 1.29 is 18.7 Å². The molecule has 0 aromatic heterocycles. The van der Waals surface area contributed by atoms with Crippen LogP contribution >= 0.6 is 23.2 Å². The minimum absolute atomic E-state index is 0.179. The highest BCUT2D eigenvalue weighted by Crippen LogP contribution is 2.44. The molecular weight excluding hydrogens is 452 g/mol. The van der Waals surface area contributed by atoms with E-state index in [-0.39, 0.29) is 17.4 Å². The van der Waals surface area contributed by atoms with E-state index < -0.39 is 0 Å². The van der Waals surface area contributed by atoms with Gasteiger partial charge < -0.3 is 9.47 Å². The maximum Gasteiger partial charge on any atom is 0.232 e. The number of carbonyl (C=O) groups is 1. The first-order chi connectivity index (χ1) is 15.4. The molecule has 0 N–H and O–H groups in total. The number of nitrogens with zero attached hydrogens (tertiary/aromatic N) is 1. The van der Waals surface area contributed by atoms with Crippen LogP contribution in [-0.4, -0.2) is 17.4 Å². The third kappa shape index (κ3) is 3.88.